The van der Waals surface area contributed by atoms with Gasteiger partial charge in [0.1, 0.15) is 0 Å². The lowest BCUT2D eigenvalue weighted by Crippen LogP contribution is -2.50. The number of carboxylic acid groups (broad SMARTS) is 1. The fourth-order valence-corrected chi connectivity index (χ4v) is 1.30. The fraction of sp³-hybridized carbons (Fsp3) is 0.875. The number of hydrogen-bond acceptors (Lipinski definition) is 4. The number of nitrogens with zero attached hydrogens (tertiary/aromatic N) is 1. The zero-order valence-electron chi connectivity index (χ0n) is 7.75. The van der Waals surface area contributed by atoms with Crippen LogP contribution in [0.5, 0.6) is 0 Å². The van der Waals surface area contributed by atoms with Crippen LogP contribution in [0.4, 0.5) is 0 Å². The van der Waals surface area contributed by atoms with Crippen molar-refractivity contribution in [3.05, 3.63) is 0 Å². The number of carbonyl (C=O) groups is 1. The molecule has 1 saturated heterocycles. The van der Waals surface area contributed by atoms with E-state index in [9.17, 15) is 4.79 Å². The highest BCUT2D eigenvalue weighted by Gasteiger charge is 2.07. The molecule has 1 fully saturated rings. The second kappa shape index (κ2) is 5.90. The highest BCUT2D eigenvalue weighted by Crippen LogP contribution is 1.90. The van der Waals surface area contributed by atoms with E-state index in [2.05, 4.69) is 15.8 Å². The van der Waals surface area contributed by atoms with Crippen LogP contribution in [0.3, 0.4) is 0 Å². The van der Waals surface area contributed by atoms with Crippen molar-refractivity contribution in [3.8, 4) is 0 Å². The maximum atomic E-state index is 10.2. The first-order valence-electron chi connectivity index (χ1n) is 4.70. The molecule has 0 aromatic carbocycles. The maximum absolute atomic E-state index is 10.2. The highest BCUT2D eigenvalue weighted by molar-refractivity contribution is 5.66. The van der Waals surface area contributed by atoms with Gasteiger partial charge in [0.05, 0.1) is 0 Å². The molecule has 1 aliphatic heterocycles. The summed E-state index contributed by atoms with van der Waals surface area (Å²) in [6.45, 7) is 4.75. The van der Waals surface area contributed by atoms with Crippen molar-refractivity contribution in [1.82, 2.24) is 15.8 Å². The number of carboxylic acids is 1. The molecule has 5 nitrogen and oxygen atoms in total. The van der Waals surface area contributed by atoms with Crippen molar-refractivity contribution in [2.45, 2.75) is 12.8 Å². The average molecular weight is 187 g/mol. The minimum absolute atomic E-state index is 0.249. The van der Waals surface area contributed by atoms with Crippen LogP contribution < -0.4 is 10.7 Å². The first kappa shape index (κ1) is 10.4. The normalized spacial score (nSPS) is 18.8. The Balaban J connectivity index is 1.95. The minimum Gasteiger partial charge on any atom is -0.481 e. The maximum Gasteiger partial charge on any atom is 0.303 e. The topological polar surface area (TPSA) is 64.6 Å². The van der Waals surface area contributed by atoms with Gasteiger partial charge in [-0.05, 0) is 6.42 Å². The summed E-state index contributed by atoms with van der Waals surface area (Å²) in [6, 6.07) is 0. The Kier molecular flexibility index (Phi) is 4.74. The van der Waals surface area contributed by atoms with Gasteiger partial charge in [-0.25, -0.2) is 5.01 Å². The van der Waals surface area contributed by atoms with Gasteiger partial charge >= 0.3 is 5.97 Å². The van der Waals surface area contributed by atoms with Crippen molar-refractivity contribution in [2.75, 3.05) is 32.7 Å². The van der Waals surface area contributed by atoms with Crippen LogP contribution in [-0.2, 0) is 4.79 Å². The smallest absolute Gasteiger partial charge is 0.303 e. The van der Waals surface area contributed by atoms with Gasteiger partial charge in [0.15, 0.2) is 0 Å². The van der Waals surface area contributed by atoms with E-state index in [0.717, 1.165) is 32.7 Å². The summed E-state index contributed by atoms with van der Waals surface area (Å²) in [5, 5.41) is 13.8. The molecular formula is C8H17N3O2. The van der Waals surface area contributed by atoms with Crippen LogP contribution in [0.15, 0.2) is 0 Å². The van der Waals surface area contributed by atoms with E-state index >= 15 is 0 Å². The lowest BCUT2D eigenvalue weighted by molar-refractivity contribution is -0.137. The van der Waals surface area contributed by atoms with Gasteiger partial charge in [0.25, 0.3) is 0 Å². The number of piperazine rings is 1. The summed E-state index contributed by atoms with van der Waals surface area (Å²) in [5.74, 6) is -0.720. The van der Waals surface area contributed by atoms with Gasteiger partial charge in [-0.3, -0.25) is 10.2 Å². The first-order chi connectivity index (χ1) is 6.29. The monoisotopic (exact) mass is 187 g/mol. The zero-order chi connectivity index (χ0) is 9.52. The van der Waals surface area contributed by atoms with Gasteiger partial charge < -0.3 is 10.4 Å². The molecule has 13 heavy (non-hydrogen) atoms. The van der Waals surface area contributed by atoms with Crippen LogP contribution in [-0.4, -0.2) is 48.8 Å². The van der Waals surface area contributed by atoms with Crippen molar-refractivity contribution >= 4 is 5.97 Å². The molecule has 1 aliphatic rings. The molecular weight excluding hydrogens is 170 g/mol. The summed E-state index contributed by atoms with van der Waals surface area (Å²) < 4.78 is 0. The summed E-state index contributed by atoms with van der Waals surface area (Å²) in [6.07, 6.45) is 0.943. The Bertz CT molecular complexity index is 157. The zero-order valence-corrected chi connectivity index (χ0v) is 7.75. The minimum atomic E-state index is -0.720. The Labute approximate surface area is 78.1 Å². The molecule has 0 aromatic rings. The fourth-order valence-electron chi connectivity index (χ4n) is 1.30. The third-order valence-electron chi connectivity index (χ3n) is 2.02. The molecule has 1 rings (SSSR count). The van der Waals surface area contributed by atoms with Crippen LogP contribution in [0.2, 0.25) is 0 Å². The molecule has 76 valence electrons. The molecule has 3 N–H and O–H groups in total. The second-order valence-electron chi connectivity index (χ2n) is 3.14. The predicted molar refractivity (Wildman–Crippen MR) is 49.3 cm³/mol. The lowest BCUT2D eigenvalue weighted by Gasteiger charge is -2.27. The van der Waals surface area contributed by atoms with E-state index < -0.39 is 5.97 Å². The van der Waals surface area contributed by atoms with E-state index in [1.54, 1.807) is 0 Å². The lowest BCUT2D eigenvalue weighted by atomic mass is 10.3. The Morgan fingerprint density at radius 2 is 2.15 bits per heavy atom. The summed E-state index contributed by atoms with van der Waals surface area (Å²) in [4.78, 5) is 10.2. The van der Waals surface area contributed by atoms with E-state index in [1.165, 1.54) is 0 Å². The Morgan fingerprint density at radius 3 is 2.77 bits per heavy atom. The van der Waals surface area contributed by atoms with Crippen molar-refractivity contribution in [2.24, 2.45) is 0 Å². The van der Waals surface area contributed by atoms with Crippen molar-refractivity contribution < 1.29 is 9.90 Å². The molecule has 0 unspecified atom stereocenters. The summed E-state index contributed by atoms with van der Waals surface area (Å²) in [5.41, 5.74) is 3.21. The second-order valence-corrected chi connectivity index (χ2v) is 3.14. The van der Waals surface area contributed by atoms with E-state index in [1.807, 2.05) is 0 Å². The molecule has 0 spiro atoms. The molecule has 0 amide bonds. The highest BCUT2D eigenvalue weighted by atomic mass is 16.4. The Morgan fingerprint density at radius 1 is 1.46 bits per heavy atom. The quantitative estimate of drug-likeness (QED) is 0.495. The first-order valence-corrected chi connectivity index (χ1v) is 4.70. The van der Waals surface area contributed by atoms with E-state index in [4.69, 9.17) is 5.11 Å². The molecule has 0 bridgehead atoms. The predicted octanol–water partition coefficient (Wildman–Crippen LogP) is -0.739. The molecule has 0 saturated carbocycles. The number of aliphatic carboxylic acids is 1. The largest absolute Gasteiger partial charge is 0.481 e. The van der Waals surface area contributed by atoms with Crippen LogP contribution in [0.25, 0.3) is 0 Å². The SMILES string of the molecule is O=C(O)CCCNN1CCNCC1. The van der Waals surface area contributed by atoms with Crippen LogP contribution in [0, 0.1) is 0 Å². The molecule has 0 atom stereocenters. The van der Waals surface area contributed by atoms with Gasteiger partial charge in [-0.15, -0.1) is 0 Å². The summed E-state index contributed by atoms with van der Waals surface area (Å²) >= 11 is 0. The standard InChI is InChI=1S/C8H17N3O2/c12-8(13)2-1-3-10-11-6-4-9-5-7-11/h9-10H,1-7H2,(H,12,13). The number of hydrogen-bond donors (Lipinski definition) is 3. The van der Waals surface area contributed by atoms with Crippen LogP contribution >= 0.6 is 0 Å². The van der Waals surface area contributed by atoms with Gasteiger partial charge in [0, 0.05) is 39.1 Å². The van der Waals surface area contributed by atoms with Gasteiger partial charge in [0.2, 0.25) is 0 Å². The van der Waals surface area contributed by atoms with E-state index in [0.29, 0.717) is 6.42 Å². The van der Waals surface area contributed by atoms with Crippen molar-refractivity contribution in [3.63, 3.8) is 0 Å². The van der Waals surface area contributed by atoms with E-state index in [-0.39, 0.29) is 6.42 Å². The molecule has 0 radical (unpaired) electrons. The third kappa shape index (κ3) is 4.82. The molecule has 5 heteroatoms. The molecule has 0 aliphatic carbocycles. The van der Waals surface area contributed by atoms with Gasteiger partial charge in [-0.2, -0.15) is 0 Å². The Hall–Kier alpha value is -0.650. The molecule has 0 aromatic heterocycles. The number of nitrogens with one attached hydrogen (secondary N) is 2. The van der Waals surface area contributed by atoms with Crippen LogP contribution in [0.1, 0.15) is 12.8 Å². The van der Waals surface area contributed by atoms with Crippen molar-refractivity contribution in [1.29, 1.82) is 0 Å². The van der Waals surface area contributed by atoms with Gasteiger partial charge in [-0.1, -0.05) is 0 Å². The number of rotatable bonds is 5. The summed E-state index contributed by atoms with van der Waals surface area (Å²) in [7, 11) is 0. The molecule has 1 heterocycles. The average Bonchev–Trinajstić information content (AvgIpc) is 2.14. The third-order valence-corrected chi connectivity index (χ3v) is 2.02. The number of hydrazine groups is 1.